The van der Waals surface area contributed by atoms with Crippen LogP contribution in [0.15, 0.2) is 22.7 Å². The molecule has 0 bridgehead atoms. The summed E-state index contributed by atoms with van der Waals surface area (Å²) < 4.78 is 8.31. The first-order valence-corrected chi connectivity index (χ1v) is 8.23. The summed E-state index contributed by atoms with van der Waals surface area (Å²) in [5, 5.41) is 13.9. The molecule has 1 fully saturated rings. The molecule has 1 unspecified atom stereocenters. The first kappa shape index (κ1) is 13.2. The fourth-order valence-electron chi connectivity index (χ4n) is 2.45. The topological polar surface area (TPSA) is 78.3 Å². The summed E-state index contributed by atoms with van der Waals surface area (Å²) in [6.45, 7) is 0.773. The summed E-state index contributed by atoms with van der Waals surface area (Å²) >= 11 is 4.92. The molecule has 2 aromatic heterocycles. The third-order valence-corrected chi connectivity index (χ3v) is 5.14. The first-order chi connectivity index (χ1) is 10.2. The van der Waals surface area contributed by atoms with Crippen molar-refractivity contribution in [3.8, 4) is 10.6 Å². The van der Waals surface area contributed by atoms with Gasteiger partial charge in [0.15, 0.2) is 5.82 Å². The zero-order valence-electron chi connectivity index (χ0n) is 11.0. The number of fused-ring (bicyclic) bond motifs is 1. The van der Waals surface area contributed by atoms with E-state index in [0.717, 1.165) is 45.3 Å². The van der Waals surface area contributed by atoms with E-state index >= 15 is 0 Å². The average Bonchev–Trinajstić information content (AvgIpc) is 3.16. The van der Waals surface area contributed by atoms with Crippen molar-refractivity contribution in [1.82, 2.24) is 19.8 Å². The minimum absolute atomic E-state index is 0.00481. The van der Waals surface area contributed by atoms with Crippen molar-refractivity contribution in [3.63, 3.8) is 0 Å². The Labute approximate surface area is 133 Å². The molecule has 1 aliphatic heterocycles. The molecule has 1 aromatic carbocycles. The van der Waals surface area contributed by atoms with Gasteiger partial charge in [-0.3, -0.25) is 0 Å². The van der Waals surface area contributed by atoms with E-state index in [-0.39, 0.29) is 6.10 Å². The van der Waals surface area contributed by atoms with Crippen LogP contribution < -0.4 is 5.73 Å². The van der Waals surface area contributed by atoms with Crippen LogP contribution in [0.3, 0.4) is 0 Å². The van der Waals surface area contributed by atoms with Gasteiger partial charge in [-0.05, 0) is 40.9 Å². The van der Waals surface area contributed by atoms with Gasteiger partial charge in [0, 0.05) is 16.6 Å². The molecule has 4 rings (SSSR count). The van der Waals surface area contributed by atoms with Crippen molar-refractivity contribution >= 4 is 37.9 Å². The molecule has 0 aliphatic carbocycles. The van der Waals surface area contributed by atoms with Gasteiger partial charge in [0.2, 0.25) is 4.96 Å². The van der Waals surface area contributed by atoms with Gasteiger partial charge in [0.25, 0.3) is 0 Å². The van der Waals surface area contributed by atoms with E-state index in [2.05, 4.69) is 31.2 Å². The predicted molar refractivity (Wildman–Crippen MR) is 84.1 cm³/mol. The monoisotopic (exact) mass is 365 g/mol. The van der Waals surface area contributed by atoms with Gasteiger partial charge in [-0.15, -0.1) is 10.2 Å². The maximum Gasteiger partial charge on any atom is 0.235 e. The number of ether oxygens (including phenoxy) is 1. The van der Waals surface area contributed by atoms with Crippen LogP contribution >= 0.6 is 27.3 Å². The Morgan fingerprint density at radius 3 is 3.10 bits per heavy atom. The minimum atomic E-state index is -0.00481. The molecule has 0 saturated carbocycles. The second-order valence-electron chi connectivity index (χ2n) is 4.86. The molecule has 8 heteroatoms. The molecule has 3 heterocycles. The van der Waals surface area contributed by atoms with Gasteiger partial charge in [-0.2, -0.15) is 9.61 Å². The minimum Gasteiger partial charge on any atom is -0.397 e. The van der Waals surface area contributed by atoms with E-state index in [1.54, 1.807) is 4.52 Å². The number of nitrogen functional groups attached to an aromatic ring is 1. The second kappa shape index (κ2) is 5.04. The Morgan fingerprint density at radius 2 is 2.29 bits per heavy atom. The summed E-state index contributed by atoms with van der Waals surface area (Å²) in [6.07, 6.45) is 2.01. The number of halogens is 1. The lowest BCUT2D eigenvalue weighted by Gasteiger charge is -2.05. The van der Waals surface area contributed by atoms with Crippen molar-refractivity contribution < 1.29 is 4.74 Å². The van der Waals surface area contributed by atoms with Crippen LogP contribution in [-0.4, -0.2) is 26.4 Å². The van der Waals surface area contributed by atoms with Crippen molar-refractivity contribution in [1.29, 1.82) is 0 Å². The van der Waals surface area contributed by atoms with Gasteiger partial charge in [-0.25, -0.2) is 0 Å². The van der Waals surface area contributed by atoms with E-state index in [9.17, 15) is 0 Å². The van der Waals surface area contributed by atoms with Crippen molar-refractivity contribution in [3.05, 3.63) is 28.5 Å². The number of anilines is 1. The molecule has 0 radical (unpaired) electrons. The fourth-order valence-corrected chi connectivity index (χ4v) is 3.70. The molecule has 108 valence electrons. The van der Waals surface area contributed by atoms with Crippen LogP contribution in [0.2, 0.25) is 0 Å². The number of nitrogens with two attached hydrogens (primary N) is 1. The Bertz CT molecular complexity index is 808. The first-order valence-electron chi connectivity index (χ1n) is 6.62. The van der Waals surface area contributed by atoms with Gasteiger partial charge in [-0.1, -0.05) is 17.4 Å². The van der Waals surface area contributed by atoms with Gasteiger partial charge in [0.05, 0.1) is 5.69 Å². The molecule has 2 N–H and O–H groups in total. The van der Waals surface area contributed by atoms with Gasteiger partial charge >= 0.3 is 0 Å². The quantitative estimate of drug-likeness (QED) is 0.706. The van der Waals surface area contributed by atoms with Gasteiger partial charge < -0.3 is 10.5 Å². The summed E-state index contributed by atoms with van der Waals surface area (Å²) in [6, 6.07) is 5.81. The van der Waals surface area contributed by atoms with Crippen LogP contribution in [0.1, 0.15) is 24.8 Å². The van der Waals surface area contributed by atoms with E-state index in [1.165, 1.54) is 11.3 Å². The lowest BCUT2D eigenvalue weighted by Crippen LogP contribution is -2.03. The standard InChI is InChI=1S/C13H12BrN5OS/c14-8-4-1-3-7(10(8)15)12-18-19-11(9-5-2-6-20-9)16-17-13(19)21-12/h1,3-4,9H,2,5-6,15H2. The number of hydrogen-bond donors (Lipinski definition) is 1. The zero-order valence-corrected chi connectivity index (χ0v) is 13.4. The van der Waals surface area contributed by atoms with E-state index in [4.69, 9.17) is 10.5 Å². The highest BCUT2D eigenvalue weighted by atomic mass is 79.9. The summed E-state index contributed by atoms with van der Waals surface area (Å²) in [4.78, 5) is 0.759. The molecule has 21 heavy (non-hydrogen) atoms. The number of benzene rings is 1. The Hall–Kier alpha value is -1.51. The largest absolute Gasteiger partial charge is 0.397 e. The number of para-hydroxylation sites is 1. The van der Waals surface area contributed by atoms with E-state index in [1.807, 2.05) is 18.2 Å². The zero-order chi connectivity index (χ0) is 14.4. The maximum absolute atomic E-state index is 6.12. The highest BCUT2D eigenvalue weighted by Crippen LogP contribution is 2.35. The summed E-state index contributed by atoms with van der Waals surface area (Å²) in [7, 11) is 0. The fraction of sp³-hybridized carbons (Fsp3) is 0.308. The third-order valence-electron chi connectivity index (χ3n) is 3.52. The van der Waals surface area contributed by atoms with E-state index < -0.39 is 0 Å². The number of rotatable bonds is 2. The third kappa shape index (κ3) is 2.14. The normalized spacial score (nSPS) is 18.6. The van der Waals surface area contributed by atoms with Crippen molar-refractivity contribution in [2.75, 3.05) is 12.3 Å². The van der Waals surface area contributed by atoms with Crippen LogP contribution in [0, 0.1) is 0 Å². The SMILES string of the molecule is Nc1c(Br)cccc1-c1nn2c(C3CCCO3)nnc2s1. The average molecular weight is 366 g/mol. The number of hydrogen-bond acceptors (Lipinski definition) is 6. The van der Waals surface area contributed by atoms with Crippen molar-refractivity contribution in [2.24, 2.45) is 0 Å². The smallest absolute Gasteiger partial charge is 0.235 e. The second-order valence-corrected chi connectivity index (χ2v) is 6.67. The molecular formula is C13H12BrN5OS. The highest BCUT2D eigenvalue weighted by Gasteiger charge is 2.25. The molecule has 6 nitrogen and oxygen atoms in total. The van der Waals surface area contributed by atoms with Crippen LogP contribution in [0.4, 0.5) is 5.69 Å². The lowest BCUT2D eigenvalue weighted by molar-refractivity contribution is 0.103. The summed E-state index contributed by atoms with van der Waals surface area (Å²) in [5.74, 6) is 0.776. The van der Waals surface area contributed by atoms with Crippen LogP contribution in [0.25, 0.3) is 15.5 Å². The molecular weight excluding hydrogens is 354 g/mol. The summed E-state index contributed by atoms with van der Waals surface area (Å²) in [5.41, 5.74) is 7.70. The molecule has 0 spiro atoms. The lowest BCUT2D eigenvalue weighted by atomic mass is 10.2. The number of nitrogens with zero attached hydrogens (tertiary/aromatic N) is 4. The molecule has 0 amide bonds. The van der Waals surface area contributed by atoms with E-state index in [0.29, 0.717) is 5.69 Å². The molecule has 1 saturated heterocycles. The Balaban J connectivity index is 1.82. The predicted octanol–water partition coefficient (Wildman–Crippen LogP) is 3.05. The molecule has 3 aromatic rings. The molecule has 1 aliphatic rings. The Kier molecular flexibility index (Phi) is 3.16. The highest BCUT2D eigenvalue weighted by molar-refractivity contribution is 9.10. The van der Waals surface area contributed by atoms with Gasteiger partial charge in [0.1, 0.15) is 11.1 Å². The van der Waals surface area contributed by atoms with Crippen LogP contribution in [0.5, 0.6) is 0 Å². The van der Waals surface area contributed by atoms with Crippen molar-refractivity contribution in [2.45, 2.75) is 18.9 Å². The maximum atomic E-state index is 6.12. The number of aromatic nitrogens is 4. The Morgan fingerprint density at radius 1 is 1.38 bits per heavy atom. The molecule has 1 atom stereocenters. The van der Waals surface area contributed by atoms with Crippen LogP contribution in [-0.2, 0) is 4.74 Å².